The van der Waals surface area contributed by atoms with Gasteiger partial charge in [0.1, 0.15) is 11.6 Å². The van der Waals surface area contributed by atoms with Crippen LogP contribution in [-0.2, 0) is 17.6 Å². The van der Waals surface area contributed by atoms with Crippen LogP contribution in [0.5, 0.6) is 0 Å². The molecule has 0 fully saturated rings. The molecule has 2 aromatic carbocycles. The van der Waals surface area contributed by atoms with Gasteiger partial charge in [-0.2, -0.15) is 4.55 Å². The number of hydrogen-bond donors (Lipinski definition) is 3. The van der Waals surface area contributed by atoms with Gasteiger partial charge in [-0.3, -0.25) is 14.5 Å². The Bertz CT molecular complexity index is 1580. The zero-order chi connectivity index (χ0) is 29.1. The van der Waals surface area contributed by atoms with E-state index in [1.165, 1.54) is 29.2 Å². The Morgan fingerprint density at radius 2 is 1.88 bits per heavy atom. The highest BCUT2D eigenvalue weighted by Gasteiger charge is 2.32. The smallest absolute Gasteiger partial charge is 0.259 e. The van der Waals surface area contributed by atoms with Crippen molar-refractivity contribution in [2.45, 2.75) is 31.9 Å². The van der Waals surface area contributed by atoms with Gasteiger partial charge in [0.15, 0.2) is 27.6 Å². The molecule has 0 radical (unpaired) electrons. The highest BCUT2D eigenvalue weighted by molar-refractivity contribution is 7.94. The third-order valence-corrected chi connectivity index (χ3v) is 8.46. The first kappa shape index (κ1) is 28.3. The molecule has 3 N–H and O–H groups in total. The molecule has 0 saturated carbocycles. The second-order valence-electron chi connectivity index (χ2n) is 10.3. The van der Waals surface area contributed by atoms with E-state index in [0.29, 0.717) is 41.2 Å². The number of hydrogen-bond acceptors (Lipinski definition) is 5. The number of pyridine rings is 1. The third kappa shape index (κ3) is 6.26. The quantitative estimate of drug-likeness (QED) is 0.198. The van der Waals surface area contributed by atoms with E-state index in [9.17, 15) is 18.5 Å². The van der Waals surface area contributed by atoms with E-state index in [2.05, 4.69) is 15.3 Å². The summed E-state index contributed by atoms with van der Waals surface area (Å²) in [5.74, 6) is -0.341. The average molecular weight is 572 g/mol. The van der Waals surface area contributed by atoms with E-state index in [4.69, 9.17) is 0 Å². The number of para-hydroxylation sites is 1. The molecule has 0 aliphatic heterocycles. The van der Waals surface area contributed by atoms with E-state index in [1.807, 2.05) is 61.7 Å². The number of anilines is 3. The number of aromatic nitrogens is 2. The maximum Gasteiger partial charge on any atom is 0.259 e. The van der Waals surface area contributed by atoms with E-state index in [1.54, 1.807) is 19.3 Å². The van der Waals surface area contributed by atoms with Crippen LogP contribution in [0.3, 0.4) is 0 Å². The number of H-pyrrole nitrogens is 1. The number of aromatic amines is 1. The van der Waals surface area contributed by atoms with Crippen molar-refractivity contribution in [2.24, 2.45) is 5.92 Å². The summed E-state index contributed by atoms with van der Waals surface area (Å²) in [6.07, 6.45) is 4.54. The zero-order valence-electron chi connectivity index (χ0n) is 23.1. The van der Waals surface area contributed by atoms with Crippen molar-refractivity contribution in [3.63, 3.8) is 0 Å². The SMILES string of the molecule is CC(C)[S+](O)/C=C/C1CC(=O)c2c([nH]c(-c3ccnc(N(C)C(=O)c4ccc(F)cc4)c3)c2Nc2ccccc2)C1. The molecule has 9 heteroatoms. The number of fused-ring (bicyclic) bond motifs is 1. The van der Waals surface area contributed by atoms with Gasteiger partial charge in [-0.25, -0.2) is 9.37 Å². The molecule has 0 bridgehead atoms. The van der Waals surface area contributed by atoms with Gasteiger partial charge in [0.25, 0.3) is 5.91 Å². The highest BCUT2D eigenvalue weighted by atomic mass is 32.2. The minimum Gasteiger partial charge on any atom is -0.356 e. The molecule has 210 valence electrons. The summed E-state index contributed by atoms with van der Waals surface area (Å²) in [5, 5.41) is 5.38. The minimum atomic E-state index is -0.846. The Hall–Kier alpha value is -4.21. The fourth-order valence-corrected chi connectivity index (χ4v) is 5.52. The van der Waals surface area contributed by atoms with Gasteiger partial charge < -0.3 is 10.3 Å². The molecule has 2 atom stereocenters. The summed E-state index contributed by atoms with van der Waals surface area (Å²) < 4.78 is 23.6. The van der Waals surface area contributed by atoms with Gasteiger partial charge in [0, 0.05) is 42.2 Å². The van der Waals surface area contributed by atoms with Gasteiger partial charge in [-0.1, -0.05) is 18.2 Å². The molecule has 7 nitrogen and oxygen atoms in total. The number of nitrogens with zero attached hydrogens (tertiary/aromatic N) is 2. The first-order valence-corrected chi connectivity index (χ1v) is 14.7. The minimum absolute atomic E-state index is 0.0158. The summed E-state index contributed by atoms with van der Waals surface area (Å²) in [6, 6.07) is 18.6. The summed E-state index contributed by atoms with van der Waals surface area (Å²) in [7, 11) is 1.62. The van der Waals surface area contributed by atoms with Crippen LogP contribution in [0.15, 0.2) is 84.4 Å². The number of carbonyl (C=O) groups is 2. The monoisotopic (exact) mass is 571 g/mol. The van der Waals surface area contributed by atoms with E-state index >= 15 is 0 Å². The standard InChI is InChI=1S/C32H31FN4O3S/c1-20(2)41(40)16-14-21-17-26-29(27(38)18-21)31(35-25-7-5-4-6-8-25)30(36-26)23-13-15-34-28(19-23)37(3)32(39)22-9-11-24(33)12-10-22/h4-16,19-21,40H,17-18H2,1-3H3,(H-,34,35,36,38)/p+1/b16-14+. The Labute approximate surface area is 241 Å². The molecule has 2 heterocycles. The topological polar surface area (TPSA) is 98.3 Å². The number of amides is 1. The summed E-state index contributed by atoms with van der Waals surface area (Å²) >= 11 is -0.846. The van der Waals surface area contributed by atoms with Crippen LogP contribution in [0.2, 0.25) is 0 Å². The molecule has 4 aromatic rings. The molecule has 2 unspecified atom stereocenters. The molecule has 5 rings (SSSR count). The van der Waals surface area contributed by atoms with Gasteiger partial charge in [-0.15, -0.1) is 0 Å². The summed E-state index contributed by atoms with van der Waals surface area (Å²) in [4.78, 5) is 35.9. The van der Waals surface area contributed by atoms with Gasteiger partial charge in [-0.05, 0) is 80.8 Å². The predicted molar refractivity (Wildman–Crippen MR) is 163 cm³/mol. The lowest BCUT2D eigenvalue weighted by Gasteiger charge is -2.19. The second kappa shape index (κ2) is 12.1. The molecule has 1 aliphatic carbocycles. The Kier molecular flexibility index (Phi) is 8.37. The normalized spacial score (nSPS) is 15.7. The zero-order valence-corrected chi connectivity index (χ0v) is 23.9. The number of rotatable bonds is 8. The fourth-order valence-electron chi connectivity index (χ4n) is 4.83. The number of halogens is 1. The predicted octanol–water partition coefficient (Wildman–Crippen LogP) is 6.99. The molecule has 2 aromatic heterocycles. The molecular formula is C32H32FN4O3S+. The third-order valence-electron chi connectivity index (χ3n) is 7.06. The lowest BCUT2D eigenvalue weighted by atomic mass is 9.86. The molecule has 1 aliphatic rings. The number of nitrogens with one attached hydrogen (secondary N) is 2. The van der Waals surface area contributed by atoms with Gasteiger partial charge in [0.2, 0.25) is 0 Å². The lowest BCUT2D eigenvalue weighted by molar-refractivity contribution is 0.0958. The van der Waals surface area contributed by atoms with E-state index in [0.717, 1.165) is 16.9 Å². The van der Waals surface area contributed by atoms with Crippen molar-refractivity contribution in [1.82, 2.24) is 9.97 Å². The van der Waals surface area contributed by atoms with Crippen LogP contribution in [0.1, 0.15) is 46.7 Å². The Morgan fingerprint density at radius 3 is 2.59 bits per heavy atom. The number of allylic oxidation sites excluding steroid dienone is 1. The maximum atomic E-state index is 13.5. The first-order valence-electron chi connectivity index (χ1n) is 13.4. The number of Topliss-reactive ketones (excluding diaryl/α,β-unsaturated/α-hetero) is 1. The Balaban J connectivity index is 1.52. The number of benzene rings is 2. The van der Waals surface area contributed by atoms with Crippen LogP contribution in [-0.4, -0.2) is 38.5 Å². The van der Waals surface area contributed by atoms with Gasteiger partial charge >= 0.3 is 0 Å². The molecule has 1 amide bonds. The number of carbonyl (C=O) groups excluding carboxylic acids is 2. The van der Waals surface area contributed by atoms with Crippen molar-refractivity contribution >= 4 is 40.1 Å². The van der Waals surface area contributed by atoms with Crippen LogP contribution in [0.25, 0.3) is 11.3 Å². The lowest BCUT2D eigenvalue weighted by Crippen LogP contribution is -2.27. The average Bonchev–Trinajstić information content (AvgIpc) is 3.34. The van der Waals surface area contributed by atoms with Crippen molar-refractivity contribution in [3.05, 3.63) is 107 Å². The van der Waals surface area contributed by atoms with Crippen molar-refractivity contribution in [2.75, 3.05) is 17.3 Å². The number of ketones is 1. The van der Waals surface area contributed by atoms with Crippen LogP contribution < -0.4 is 10.2 Å². The molecular weight excluding hydrogens is 539 g/mol. The van der Waals surface area contributed by atoms with Crippen molar-refractivity contribution < 1.29 is 18.5 Å². The van der Waals surface area contributed by atoms with Crippen LogP contribution in [0, 0.1) is 11.7 Å². The fraction of sp³-hybridized carbons (Fsp3) is 0.219. The summed E-state index contributed by atoms with van der Waals surface area (Å²) in [6.45, 7) is 3.92. The second-order valence-corrected chi connectivity index (χ2v) is 12.2. The summed E-state index contributed by atoms with van der Waals surface area (Å²) in [5.41, 5.74) is 4.76. The molecule has 41 heavy (non-hydrogen) atoms. The maximum absolute atomic E-state index is 13.5. The van der Waals surface area contributed by atoms with Gasteiger partial charge in [0.05, 0.1) is 16.9 Å². The van der Waals surface area contributed by atoms with E-state index in [-0.39, 0.29) is 22.9 Å². The van der Waals surface area contributed by atoms with E-state index < -0.39 is 17.0 Å². The largest absolute Gasteiger partial charge is 0.356 e. The van der Waals surface area contributed by atoms with Crippen molar-refractivity contribution in [3.8, 4) is 11.3 Å². The van der Waals surface area contributed by atoms with Crippen LogP contribution >= 0.6 is 0 Å². The molecule has 0 saturated heterocycles. The first-order chi connectivity index (χ1) is 19.7. The van der Waals surface area contributed by atoms with Crippen LogP contribution in [0.4, 0.5) is 21.6 Å². The highest BCUT2D eigenvalue weighted by Crippen LogP contribution is 2.40. The molecule has 0 spiro atoms. The van der Waals surface area contributed by atoms with Crippen molar-refractivity contribution in [1.29, 1.82) is 0 Å². The Morgan fingerprint density at radius 1 is 1.15 bits per heavy atom.